The van der Waals surface area contributed by atoms with Crippen LogP contribution in [0.2, 0.25) is 0 Å². The molecule has 0 aliphatic carbocycles. The number of fused-ring (bicyclic) bond motifs is 2. The summed E-state index contributed by atoms with van der Waals surface area (Å²) in [7, 11) is -3.22. The smallest absolute Gasteiger partial charge is 0.414 e. The van der Waals surface area contributed by atoms with Gasteiger partial charge in [-0.15, -0.1) is 0 Å². The number of hydrogen-bond acceptors (Lipinski definition) is 3. The lowest BCUT2D eigenvalue weighted by Crippen LogP contribution is -2.22. The summed E-state index contributed by atoms with van der Waals surface area (Å²) in [5.74, 6) is 1.72. The second kappa shape index (κ2) is 10.5. The van der Waals surface area contributed by atoms with Crippen molar-refractivity contribution in [3.8, 4) is 11.5 Å². The molecule has 0 radical (unpaired) electrons. The molecular formula is C35H41N2O2P. The molecule has 0 aromatic heterocycles. The Morgan fingerprint density at radius 3 is 1.55 bits per heavy atom. The summed E-state index contributed by atoms with van der Waals surface area (Å²) >= 11 is 0. The average Bonchev–Trinajstić information content (AvgIpc) is 2.86. The maximum Gasteiger partial charge on any atom is 0.427 e. The Kier molecular flexibility index (Phi) is 7.35. The van der Waals surface area contributed by atoms with Gasteiger partial charge in [0, 0.05) is 23.2 Å². The third-order valence-electron chi connectivity index (χ3n) is 7.09. The topological polar surface area (TPSA) is 42.8 Å². The van der Waals surface area contributed by atoms with E-state index in [0.29, 0.717) is 0 Å². The number of para-hydroxylation sites is 1. The van der Waals surface area contributed by atoms with Crippen LogP contribution in [0.4, 0.5) is 11.4 Å². The van der Waals surface area contributed by atoms with E-state index >= 15 is 0 Å². The quantitative estimate of drug-likeness (QED) is 0.257. The Hall–Kier alpha value is -3.49. The predicted molar refractivity (Wildman–Crippen MR) is 169 cm³/mol. The van der Waals surface area contributed by atoms with Crippen LogP contribution in [0.3, 0.4) is 0 Å². The molecule has 4 aromatic carbocycles. The zero-order valence-electron chi connectivity index (χ0n) is 25.0. The number of benzene rings is 4. The number of nitrogens with one attached hydrogen (secondary N) is 1. The van der Waals surface area contributed by atoms with Crippen molar-refractivity contribution in [3.63, 3.8) is 0 Å². The molecule has 0 saturated carbocycles. The van der Waals surface area contributed by atoms with E-state index in [-0.39, 0.29) is 10.8 Å². The van der Waals surface area contributed by atoms with E-state index in [0.717, 1.165) is 51.5 Å². The van der Waals surface area contributed by atoms with E-state index in [9.17, 15) is 0 Å². The van der Waals surface area contributed by atoms with E-state index < -0.39 is 7.66 Å². The second-order valence-electron chi connectivity index (χ2n) is 12.9. The van der Waals surface area contributed by atoms with Gasteiger partial charge in [0.25, 0.3) is 0 Å². The molecule has 0 spiro atoms. The molecule has 208 valence electrons. The van der Waals surface area contributed by atoms with Crippen molar-refractivity contribution in [2.45, 2.75) is 72.6 Å². The molecule has 1 heterocycles. The monoisotopic (exact) mass is 552 g/mol. The number of anilines is 1. The van der Waals surface area contributed by atoms with E-state index in [1.54, 1.807) is 0 Å². The first-order valence-electron chi connectivity index (χ1n) is 14.0. The van der Waals surface area contributed by atoms with Crippen LogP contribution in [-0.4, -0.2) is 0 Å². The van der Waals surface area contributed by atoms with E-state index in [1.807, 2.05) is 60.7 Å². The van der Waals surface area contributed by atoms with Crippen molar-refractivity contribution in [1.82, 2.24) is 0 Å². The summed E-state index contributed by atoms with van der Waals surface area (Å²) in [6, 6.07) is 29.1. The normalized spacial score (nSPS) is 14.5. The van der Waals surface area contributed by atoms with Gasteiger partial charge in [0.1, 0.15) is 11.5 Å². The first kappa shape index (κ1) is 28.1. The maximum absolute atomic E-state index is 7.21. The van der Waals surface area contributed by atoms with E-state index in [1.165, 1.54) is 11.1 Å². The minimum Gasteiger partial charge on any atom is -0.414 e. The average molecular weight is 553 g/mol. The highest BCUT2D eigenvalue weighted by molar-refractivity contribution is 7.59. The Balaban J connectivity index is 1.89. The van der Waals surface area contributed by atoms with Crippen molar-refractivity contribution < 1.29 is 9.05 Å². The summed E-state index contributed by atoms with van der Waals surface area (Å²) in [5.41, 5.74) is 8.47. The van der Waals surface area contributed by atoms with Gasteiger partial charge in [0.15, 0.2) is 0 Å². The molecule has 0 amide bonds. The van der Waals surface area contributed by atoms with Crippen molar-refractivity contribution in [2.75, 3.05) is 5.09 Å². The van der Waals surface area contributed by atoms with Gasteiger partial charge in [-0.05, 0) is 60.1 Å². The van der Waals surface area contributed by atoms with Gasteiger partial charge in [0.05, 0.1) is 5.69 Å². The molecule has 5 heteroatoms. The standard InChI is InChI=1S/C35H41N2O2P/c1-24-19-26-23-27-20-25(2)22-31(35(6,7)8)33(27)39-40(36-28-15-11-9-12-16-28,37-29-17-13-10-14-18-29)38-32(26)30(21-24)34(3,4)5/h9-22,36H,23H2,1-8H3. The zero-order chi connectivity index (χ0) is 28.7. The first-order chi connectivity index (χ1) is 18.8. The van der Waals surface area contributed by atoms with Gasteiger partial charge in [-0.1, -0.05) is 113 Å². The van der Waals surface area contributed by atoms with Gasteiger partial charge < -0.3 is 9.05 Å². The maximum atomic E-state index is 7.21. The first-order valence-corrected chi connectivity index (χ1v) is 15.6. The molecule has 40 heavy (non-hydrogen) atoms. The molecule has 5 rings (SSSR count). The molecule has 1 aliphatic rings. The minimum absolute atomic E-state index is 0.142. The number of hydrogen-bond donors (Lipinski definition) is 1. The molecule has 1 N–H and O–H groups in total. The summed E-state index contributed by atoms with van der Waals surface area (Å²) in [4.78, 5) is 0. The molecule has 0 bridgehead atoms. The third-order valence-corrected chi connectivity index (χ3v) is 8.99. The number of nitrogens with zero attached hydrogens (tertiary/aromatic N) is 1. The van der Waals surface area contributed by atoms with Crippen LogP contribution < -0.4 is 14.1 Å². The minimum atomic E-state index is -3.22. The molecule has 0 saturated heterocycles. The van der Waals surface area contributed by atoms with Crippen molar-refractivity contribution in [1.29, 1.82) is 0 Å². The van der Waals surface area contributed by atoms with Gasteiger partial charge in [-0.2, -0.15) is 4.74 Å². The fourth-order valence-corrected chi connectivity index (χ4v) is 7.29. The zero-order valence-corrected chi connectivity index (χ0v) is 25.9. The number of rotatable bonds is 3. The van der Waals surface area contributed by atoms with Crippen LogP contribution in [0.5, 0.6) is 11.5 Å². The lowest BCUT2D eigenvalue weighted by atomic mass is 9.81. The van der Waals surface area contributed by atoms with Crippen molar-refractivity contribution >= 4 is 19.0 Å². The lowest BCUT2D eigenvalue weighted by Gasteiger charge is -2.36. The molecule has 4 nitrogen and oxygen atoms in total. The highest BCUT2D eigenvalue weighted by atomic mass is 31.2. The largest absolute Gasteiger partial charge is 0.427 e. The van der Waals surface area contributed by atoms with Gasteiger partial charge in [0.2, 0.25) is 0 Å². The van der Waals surface area contributed by atoms with Crippen molar-refractivity contribution in [3.05, 3.63) is 118 Å². The summed E-state index contributed by atoms with van der Waals surface area (Å²) < 4.78 is 19.7. The van der Waals surface area contributed by atoms with E-state index in [2.05, 4.69) is 84.7 Å². The lowest BCUT2D eigenvalue weighted by molar-refractivity contribution is 0.442. The second-order valence-corrected chi connectivity index (χ2v) is 14.7. The summed E-state index contributed by atoms with van der Waals surface area (Å²) in [5, 5.41) is 3.68. The van der Waals surface area contributed by atoms with Gasteiger partial charge >= 0.3 is 7.66 Å². The predicted octanol–water partition coefficient (Wildman–Crippen LogP) is 10.7. The van der Waals surface area contributed by atoms with Crippen LogP contribution in [-0.2, 0) is 17.3 Å². The molecule has 0 unspecified atom stereocenters. The summed E-state index contributed by atoms with van der Waals surface area (Å²) in [6.45, 7) is 17.8. The molecule has 0 fully saturated rings. The van der Waals surface area contributed by atoms with Crippen LogP contribution in [0.15, 0.2) is 89.7 Å². The van der Waals surface area contributed by atoms with Crippen LogP contribution in [0.1, 0.15) is 74.9 Å². The molecular weight excluding hydrogens is 511 g/mol. The molecule has 0 atom stereocenters. The van der Waals surface area contributed by atoms with Crippen LogP contribution >= 0.6 is 7.66 Å². The van der Waals surface area contributed by atoms with Gasteiger partial charge in [-0.3, -0.25) is 5.09 Å². The third kappa shape index (κ3) is 5.98. The van der Waals surface area contributed by atoms with Crippen LogP contribution in [0, 0.1) is 13.8 Å². The summed E-state index contributed by atoms with van der Waals surface area (Å²) in [6.07, 6.45) is 0.719. The molecule has 1 aliphatic heterocycles. The van der Waals surface area contributed by atoms with Crippen LogP contribution in [0.25, 0.3) is 0 Å². The Morgan fingerprint density at radius 1 is 0.650 bits per heavy atom. The highest BCUT2D eigenvalue weighted by Crippen LogP contribution is 2.59. The fraction of sp³-hybridized carbons (Fsp3) is 0.314. The number of aryl methyl sites for hydroxylation is 2. The highest BCUT2D eigenvalue weighted by Gasteiger charge is 2.37. The SMILES string of the molecule is Cc1cc2c(c(C(C)(C)C)c1)OP(=Nc1ccccc1)(Nc1ccccc1)Oc1c(cc(C)cc1C(C)(C)C)C2. The van der Waals surface area contributed by atoms with Gasteiger partial charge in [-0.25, -0.2) is 0 Å². The molecule has 4 aromatic rings. The Bertz CT molecular complexity index is 1500. The fourth-order valence-electron chi connectivity index (χ4n) is 5.19. The Morgan fingerprint density at radius 2 is 1.10 bits per heavy atom. The van der Waals surface area contributed by atoms with E-state index in [4.69, 9.17) is 13.8 Å². The Labute approximate surface area is 240 Å². The van der Waals surface area contributed by atoms with Crippen molar-refractivity contribution in [2.24, 2.45) is 4.74 Å².